The van der Waals surface area contributed by atoms with Gasteiger partial charge >= 0.3 is 0 Å². The molecule has 1 fully saturated rings. The minimum atomic E-state index is -0.939. The van der Waals surface area contributed by atoms with Gasteiger partial charge in [0.1, 0.15) is 11.5 Å². The standard InChI is InChI=1S/C28H25Cl2NO4/c1-15-5-8-17(28(2,3)4)13-20(15)25(33)23-24(16-6-10-19(32)11-7-16)31(27(35)26(23)34)18-9-12-21(29)22(30)14-18/h5-14,24,32-33H,1-4H3/b25-23+. The van der Waals surface area contributed by atoms with Crippen LogP contribution in [0.1, 0.15) is 49.1 Å². The van der Waals surface area contributed by atoms with Crippen LogP contribution < -0.4 is 4.90 Å². The van der Waals surface area contributed by atoms with Gasteiger partial charge in [-0.05, 0) is 65.4 Å². The molecule has 3 aromatic carbocycles. The average molecular weight is 510 g/mol. The Morgan fingerprint density at radius 2 is 1.57 bits per heavy atom. The first-order valence-electron chi connectivity index (χ1n) is 11.1. The number of benzene rings is 3. The molecule has 1 aliphatic rings. The number of hydrogen-bond donors (Lipinski definition) is 2. The number of nitrogens with zero attached hydrogens (tertiary/aromatic N) is 1. The van der Waals surface area contributed by atoms with Gasteiger partial charge in [-0.15, -0.1) is 0 Å². The van der Waals surface area contributed by atoms with Gasteiger partial charge in [-0.1, -0.05) is 68.2 Å². The number of aryl methyl sites for hydroxylation is 1. The zero-order valence-electron chi connectivity index (χ0n) is 19.8. The average Bonchev–Trinajstić information content (AvgIpc) is 3.06. The van der Waals surface area contributed by atoms with E-state index < -0.39 is 17.7 Å². The Bertz CT molecular complexity index is 1370. The molecule has 0 aliphatic carbocycles. The van der Waals surface area contributed by atoms with E-state index in [1.165, 1.54) is 23.1 Å². The number of anilines is 1. The molecule has 4 rings (SSSR count). The van der Waals surface area contributed by atoms with Crippen LogP contribution in [0, 0.1) is 6.92 Å². The Labute approximate surface area is 214 Å². The number of phenols is 1. The summed E-state index contributed by atoms with van der Waals surface area (Å²) in [6, 6.07) is 15.6. The van der Waals surface area contributed by atoms with Crippen molar-refractivity contribution in [2.45, 2.75) is 39.2 Å². The van der Waals surface area contributed by atoms with Crippen LogP contribution in [0.25, 0.3) is 5.76 Å². The van der Waals surface area contributed by atoms with Crippen molar-refractivity contribution in [1.82, 2.24) is 0 Å². The molecule has 35 heavy (non-hydrogen) atoms. The third-order valence-corrected chi connectivity index (χ3v) is 6.93. The van der Waals surface area contributed by atoms with E-state index in [2.05, 4.69) is 20.8 Å². The van der Waals surface area contributed by atoms with Gasteiger partial charge in [0.2, 0.25) is 0 Å². The molecule has 3 aromatic rings. The smallest absolute Gasteiger partial charge is 0.300 e. The van der Waals surface area contributed by atoms with E-state index in [-0.39, 0.29) is 27.5 Å². The maximum absolute atomic E-state index is 13.4. The third-order valence-electron chi connectivity index (χ3n) is 6.19. The number of hydrogen-bond acceptors (Lipinski definition) is 4. The fraction of sp³-hybridized carbons (Fsp3) is 0.214. The molecule has 1 aliphatic heterocycles. The zero-order valence-corrected chi connectivity index (χ0v) is 21.3. The fourth-order valence-corrected chi connectivity index (χ4v) is 4.49. The van der Waals surface area contributed by atoms with Crippen molar-refractivity contribution in [3.8, 4) is 5.75 Å². The van der Waals surface area contributed by atoms with Gasteiger partial charge in [0.25, 0.3) is 11.7 Å². The second kappa shape index (κ2) is 9.06. The van der Waals surface area contributed by atoms with Crippen molar-refractivity contribution >= 4 is 46.3 Å². The van der Waals surface area contributed by atoms with Gasteiger partial charge in [-0.25, -0.2) is 0 Å². The number of carbonyl (C=O) groups is 2. The van der Waals surface area contributed by atoms with Crippen LogP contribution in [-0.4, -0.2) is 21.9 Å². The van der Waals surface area contributed by atoms with Crippen LogP contribution in [-0.2, 0) is 15.0 Å². The fourth-order valence-electron chi connectivity index (χ4n) is 4.19. The van der Waals surface area contributed by atoms with Crippen LogP contribution in [0.3, 0.4) is 0 Å². The van der Waals surface area contributed by atoms with Crippen molar-refractivity contribution in [1.29, 1.82) is 0 Å². The van der Waals surface area contributed by atoms with Crippen molar-refractivity contribution in [2.75, 3.05) is 4.90 Å². The first kappa shape index (κ1) is 24.8. The number of amides is 1. The summed E-state index contributed by atoms with van der Waals surface area (Å²) in [5.74, 6) is -1.83. The molecule has 0 bridgehead atoms. The molecule has 180 valence electrons. The second-order valence-electron chi connectivity index (χ2n) is 9.64. The van der Waals surface area contributed by atoms with E-state index in [9.17, 15) is 19.8 Å². The molecule has 7 heteroatoms. The van der Waals surface area contributed by atoms with Crippen molar-refractivity contribution in [3.63, 3.8) is 0 Å². The molecule has 1 heterocycles. The summed E-state index contributed by atoms with van der Waals surface area (Å²) >= 11 is 12.3. The van der Waals surface area contributed by atoms with E-state index in [0.717, 1.165) is 11.1 Å². The summed E-state index contributed by atoms with van der Waals surface area (Å²) in [4.78, 5) is 28.0. The molecule has 0 spiro atoms. The van der Waals surface area contributed by atoms with E-state index in [1.807, 2.05) is 25.1 Å². The largest absolute Gasteiger partial charge is 0.508 e. The topological polar surface area (TPSA) is 77.8 Å². The van der Waals surface area contributed by atoms with Crippen LogP contribution in [0.4, 0.5) is 5.69 Å². The number of ketones is 1. The highest BCUT2D eigenvalue weighted by Gasteiger charge is 2.47. The van der Waals surface area contributed by atoms with Gasteiger partial charge in [0, 0.05) is 11.3 Å². The van der Waals surface area contributed by atoms with E-state index in [1.54, 1.807) is 24.3 Å². The number of carbonyl (C=O) groups excluding carboxylic acids is 2. The summed E-state index contributed by atoms with van der Waals surface area (Å²) in [5.41, 5.74) is 2.89. The van der Waals surface area contributed by atoms with Crippen LogP contribution >= 0.6 is 23.2 Å². The number of aromatic hydroxyl groups is 1. The lowest BCUT2D eigenvalue weighted by Gasteiger charge is -2.26. The lowest BCUT2D eigenvalue weighted by molar-refractivity contribution is -0.132. The monoisotopic (exact) mass is 509 g/mol. The molecule has 1 unspecified atom stereocenters. The number of halogens is 2. The lowest BCUT2D eigenvalue weighted by Crippen LogP contribution is -2.29. The zero-order chi connectivity index (χ0) is 25.7. The summed E-state index contributed by atoms with van der Waals surface area (Å²) < 4.78 is 0. The first-order valence-corrected chi connectivity index (χ1v) is 11.8. The van der Waals surface area contributed by atoms with Crippen LogP contribution in [0.2, 0.25) is 10.0 Å². The quantitative estimate of drug-likeness (QED) is 0.228. The Kier molecular flexibility index (Phi) is 6.43. The molecule has 1 atom stereocenters. The molecule has 0 radical (unpaired) electrons. The molecule has 0 saturated carbocycles. The van der Waals surface area contributed by atoms with Gasteiger partial charge in [-0.3, -0.25) is 14.5 Å². The maximum Gasteiger partial charge on any atom is 0.300 e. The molecule has 1 saturated heterocycles. The minimum Gasteiger partial charge on any atom is -0.508 e. The predicted molar refractivity (Wildman–Crippen MR) is 139 cm³/mol. The summed E-state index contributed by atoms with van der Waals surface area (Å²) in [5, 5.41) is 21.9. The van der Waals surface area contributed by atoms with E-state index in [4.69, 9.17) is 23.2 Å². The number of aliphatic hydroxyl groups is 1. The van der Waals surface area contributed by atoms with E-state index in [0.29, 0.717) is 21.8 Å². The molecule has 1 amide bonds. The Morgan fingerprint density at radius 1 is 0.914 bits per heavy atom. The van der Waals surface area contributed by atoms with Crippen molar-refractivity contribution in [3.05, 3.63) is 98.5 Å². The lowest BCUT2D eigenvalue weighted by atomic mass is 9.84. The van der Waals surface area contributed by atoms with Crippen LogP contribution in [0.5, 0.6) is 5.75 Å². The highest BCUT2D eigenvalue weighted by Crippen LogP contribution is 2.44. The Hall–Kier alpha value is -3.28. The number of rotatable bonds is 3. The van der Waals surface area contributed by atoms with Crippen molar-refractivity contribution in [2.24, 2.45) is 0 Å². The number of phenolic OH excluding ortho intramolecular Hbond substituents is 1. The maximum atomic E-state index is 13.4. The molecule has 5 nitrogen and oxygen atoms in total. The number of Topliss-reactive ketones (excluding diaryl/α,β-unsaturated/α-hetero) is 1. The highest BCUT2D eigenvalue weighted by molar-refractivity contribution is 6.52. The Balaban J connectivity index is 1.98. The molecular formula is C28H25Cl2NO4. The SMILES string of the molecule is Cc1ccc(C(C)(C)C)cc1/C(O)=C1\C(=O)C(=O)N(c2ccc(Cl)c(Cl)c2)C1c1ccc(O)cc1. The van der Waals surface area contributed by atoms with Gasteiger partial charge in [0.05, 0.1) is 21.7 Å². The normalized spacial score (nSPS) is 17.8. The summed E-state index contributed by atoms with van der Waals surface area (Å²) in [6.45, 7) is 8.01. The predicted octanol–water partition coefficient (Wildman–Crippen LogP) is 6.93. The number of aliphatic hydroxyl groups excluding tert-OH is 1. The third kappa shape index (κ3) is 4.54. The summed E-state index contributed by atoms with van der Waals surface area (Å²) in [6.07, 6.45) is 0. The van der Waals surface area contributed by atoms with Crippen molar-refractivity contribution < 1.29 is 19.8 Å². The molecule has 0 aromatic heterocycles. The first-order chi connectivity index (χ1) is 16.4. The van der Waals surface area contributed by atoms with E-state index >= 15 is 0 Å². The minimum absolute atomic E-state index is 0.0361. The van der Waals surface area contributed by atoms with Gasteiger partial charge < -0.3 is 10.2 Å². The summed E-state index contributed by atoms with van der Waals surface area (Å²) in [7, 11) is 0. The highest BCUT2D eigenvalue weighted by atomic mass is 35.5. The van der Waals surface area contributed by atoms with Gasteiger partial charge in [-0.2, -0.15) is 0 Å². The van der Waals surface area contributed by atoms with Gasteiger partial charge in [0.15, 0.2) is 0 Å². The second-order valence-corrected chi connectivity index (χ2v) is 10.5. The molecular weight excluding hydrogens is 485 g/mol. The van der Waals surface area contributed by atoms with Crippen LogP contribution in [0.15, 0.2) is 66.2 Å². The molecule has 2 N–H and O–H groups in total. The Morgan fingerprint density at radius 3 is 2.17 bits per heavy atom.